The Hall–Kier alpha value is -1.80. The maximum Gasteiger partial charge on any atom is 0.257 e. The Morgan fingerprint density at radius 2 is 1.95 bits per heavy atom. The predicted octanol–water partition coefficient (Wildman–Crippen LogP) is 4.46. The van der Waals surface area contributed by atoms with Crippen LogP contribution in [0.4, 0.5) is 5.69 Å². The molecule has 0 aromatic heterocycles. The van der Waals surface area contributed by atoms with E-state index in [-0.39, 0.29) is 5.91 Å². The van der Waals surface area contributed by atoms with Crippen molar-refractivity contribution in [2.45, 2.75) is 20.3 Å². The third-order valence-corrected chi connectivity index (χ3v) is 3.34. The minimum absolute atomic E-state index is 0.177. The molecule has 2 rings (SSSR count). The number of nitrogens with one attached hydrogen (secondary N) is 1. The first-order valence-electron chi connectivity index (χ1n) is 6.27. The summed E-state index contributed by atoms with van der Waals surface area (Å²) in [6, 6.07) is 13.1. The number of benzene rings is 2. The molecule has 3 heteroatoms. The number of anilines is 1. The highest BCUT2D eigenvalue weighted by molar-refractivity contribution is 6.34. The van der Waals surface area contributed by atoms with Crippen LogP contribution >= 0.6 is 11.6 Å². The van der Waals surface area contributed by atoms with Crippen LogP contribution in [0.2, 0.25) is 5.02 Å². The fourth-order valence-corrected chi connectivity index (χ4v) is 2.19. The minimum Gasteiger partial charge on any atom is -0.322 e. The summed E-state index contributed by atoms with van der Waals surface area (Å²) >= 11 is 6.02. The zero-order valence-corrected chi connectivity index (χ0v) is 11.8. The Kier molecular flexibility index (Phi) is 4.23. The van der Waals surface area contributed by atoms with Gasteiger partial charge in [0.15, 0.2) is 0 Å². The third-order valence-electron chi connectivity index (χ3n) is 3.01. The Morgan fingerprint density at radius 1 is 1.21 bits per heavy atom. The summed E-state index contributed by atoms with van der Waals surface area (Å²) in [7, 11) is 0. The highest BCUT2D eigenvalue weighted by atomic mass is 35.5. The van der Waals surface area contributed by atoms with Gasteiger partial charge in [0.05, 0.1) is 10.6 Å². The van der Waals surface area contributed by atoms with E-state index >= 15 is 0 Å². The third kappa shape index (κ3) is 3.15. The van der Waals surface area contributed by atoms with Crippen molar-refractivity contribution in [1.82, 2.24) is 0 Å². The van der Waals surface area contributed by atoms with Crippen LogP contribution < -0.4 is 5.32 Å². The number of halogens is 1. The van der Waals surface area contributed by atoms with Gasteiger partial charge in [-0.05, 0) is 37.1 Å². The molecule has 0 aliphatic carbocycles. The second kappa shape index (κ2) is 5.89. The molecule has 0 bridgehead atoms. The van der Waals surface area contributed by atoms with E-state index in [2.05, 4.69) is 18.3 Å². The maximum absolute atomic E-state index is 12.2. The minimum atomic E-state index is -0.177. The quantitative estimate of drug-likeness (QED) is 0.879. The van der Waals surface area contributed by atoms with Crippen LogP contribution in [0.15, 0.2) is 42.5 Å². The van der Waals surface area contributed by atoms with Crippen molar-refractivity contribution in [1.29, 1.82) is 0 Å². The van der Waals surface area contributed by atoms with Crippen molar-refractivity contribution in [3.05, 3.63) is 64.2 Å². The lowest BCUT2D eigenvalue weighted by Gasteiger charge is -2.11. The average Bonchev–Trinajstić information content (AvgIpc) is 2.41. The zero-order valence-electron chi connectivity index (χ0n) is 11.0. The van der Waals surface area contributed by atoms with E-state index in [4.69, 9.17) is 11.6 Å². The van der Waals surface area contributed by atoms with Crippen LogP contribution in [-0.2, 0) is 6.42 Å². The molecule has 0 aliphatic heterocycles. The molecule has 0 saturated carbocycles. The predicted molar refractivity (Wildman–Crippen MR) is 80.0 cm³/mol. The van der Waals surface area contributed by atoms with Gasteiger partial charge in [0.1, 0.15) is 0 Å². The van der Waals surface area contributed by atoms with Gasteiger partial charge in [0.2, 0.25) is 0 Å². The summed E-state index contributed by atoms with van der Waals surface area (Å²) in [5, 5.41) is 3.39. The first-order chi connectivity index (χ1) is 9.11. The van der Waals surface area contributed by atoms with Gasteiger partial charge in [0, 0.05) is 5.69 Å². The Bertz CT molecular complexity index is 607. The molecule has 0 aliphatic rings. The lowest BCUT2D eigenvalue weighted by Crippen LogP contribution is -2.13. The van der Waals surface area contributed by atoms with Gasteiger partial charge in [-0.15, -0.1) is 0 Å². The lowest BCUT2D eigenvalue weighted by molar-refractivity contribution is 0.102. The largest absolute Gasteiger partial charge is 0.322 e. The Labute approximate surface area is 118 Å². The van der Waals surface area contributed by atoms with Crippen molar-refractivity contribution in [3.63, 3.8) is 0 Å². The van der Waals surface area contributed by atoms with E-state index in [0.29, 0.717) is 10.6 Å². The van der Waals surface area contributed by atoms with Crippen LogP contribution in [0.25, 0.3) is 0 Å². The molecular weight excluding hydrogens is 258 g/mol. The van der Waals surface area contributed by atoms with Gasteiger partial charge in [0.25, 0.3) is 5.91 Å². The average molecular weight is 274 g/mol. The van der Waals surface area contributed by atoms with Crippen molar-refractivity contribution in [2.24, 2.45) is 0 Å². The summed E-state index contributed by atoms with van der Waals surface area (Å²) in [6.07, 6.45) is 0.875. The number of aryl methyl sites for hydroxylation is 2. The maximum atomic E-state index is 12.2. The van der Waals surface area contributed by atoms with Crippen LogP contribution in [0.1, 0.15) is 28.4 Å². The number of carbonyl (C=O) groups excluding carboxylic acids is 1. The van der Waals surface area contributed by atoms with Crippen LogP contribution in [0.5, 0.6) is 0 Å². The van der Waals surface area contributed by atoms with E-state index < -0.39 is 0 Å². The molecule has 1 N–H and O–H groups in total. The van der Waals surface area contributed by atoms with Crippen LogP contribution in [-0.4, -0.2) is 5.91 Å². The molecule has 0 spiro atoms. The summed E-state index contributed by atoms with van der Waals surface area (Å²) in [5.41, 5.74) is 3.65. The smallest absolute Gasteiger partial charge is 0.257 e. The van der Waals surface area contributed by atoms with E-state index in [1.807, 2.05) is 25.1 Å². The number of rotatable bonds is 3. The van der Waals surface area contributed by atoms with Crippen LogP contribution in [0.3, 0.4) is 0 Å². The first-order valence-corrected chi connectivity index (χ1v) is 6.65. The summed E-state index contributed by atoms with van der Waals surface area (Å²) in [4.78, 5) is 12.2. The molecule has 0 fully saturated rings. The van der Waals surface area contributed by atoms with Gasteiger partial charge >= 0.3 is 0 Å². The summed E-state index contributed by atoms with van der Waals surface area (Å²) in [6.45, 7) is 4.11. The molecule has 0 heterocycles. The highest BCUT2D eigenvalue weighted by Crippen LogP contribution is 2.21. The van der Waals surface area contributed by atoms with E-state index in [9.17, 15) is 4.79 Å². The number of carbonyl (C=O) groups is 1. The fourth-order valence-electron chi connectivity index (χ4n) is 1.97. The number of hydrogen-bond acceptors (Lipinski definition) is 1. The SMILES string of the molecule is CCc1cc(C)ccc1NC(=O)c1ccccc1Cl. The normalized spacial score (nSPS) is 10.3. The molecule has 0 unspecified atom stereocenters. The monoisotopic (exact) mass is 273 g/mol. The molecular formula is C16H16ClNO. The highest BCUT2D eigenvalue weighted by Gasteiger charge is 2.11. The molecule has 2 aromatic carbocycles. The number of amides is 1. The second-order valence-electron chi connectivity index (χ2n) is 4.45. The zero-order chi connectivity index (χ0) is 13.8. The molecule has 0 radical (unpaired) electrons. The molecule has 0 saturated heterocycles. The van der Waals surface area contributed by atoms with Gasteiger partial charge in [-0.3, -0.25) is 4.79 Å². The van der Waals surface area contributed by atoms with Gasteiger partial charge in [-0.1, -0.05) is 48.4 Å². The second-order valence-corrected chi connectivity index (χ2v) is 4.86. The molecule has 19 heavy (non-hydrogen) atoms. The van der Waals surface area contributed by atoms with Crippen molar-refractivity contribution >= 4 is 23.2 Å². The van der Waals surface area contributed by atoms with Crippen LogP contribution in [0, 0.1) is 6.92 Å². The Morgan fingerprint density at radius 3 is 2.63 bits per heavy atom. The molecule has 1 amide bonds. The number of hydrogen-bond donors (Lipinski definition) is 1. The standard InChI is InChI=1S/C16H16ClNO/c1-3-12-10-11(2)8-9-15(12)18-16(19)13-6-4-5-7-14(13)17/h4-10H,3H2,1-2H3,(H,18,19). The first kappa shape index (κ1) is 13.6. The molecule has 2 nitrogen and oxygen atoms in total. The van der Waals surface area contributed by atoms with E-state index in [1.54, 1.807) is 18.2 Å². The Balaban J connectivity index is 2.27. The lowest BCUT2D eigenvalue weighted by atomic mass is 10.1. The fraction of sp³-hybridized carbons (Fsp3) is 0.188. The van der Waals surface area contributed by atoms with Gasteiger partial charge < -0.3 is 5.32 Å². The van der Waals surface area contributed by atoms with Gasteiger partial charge in [-0.2, -0.15) is 0 Å². The molecule has 2 aromatic rings. The topological polar surface area (TPSA) is 29.1 Å². The van der Waals surface area contributed by atoms with Crippen molar-refractivity contribution < 1.29 is 4.79 Å². The van der Waals surface area contributed by atoms with Gasteiger partial charge in [-0.25, -0.2) is 0 Å². The van der Waals surface area contributed by atoms with E-state index in [1.165, 1.54) is 5.56 Å². The summed E-state index contributed by atoms with van der Waals surface area (Å²) < 4.78 is 0. The summed E-state index contributed by atoms with van der Waals surface area (Å²) in [5.74, 6) is -0.177. The molecule has 0 atom stereocenters. The van der Waals surface area contributed by atoms with Crippen molar-refractivity contribution in [3.8, 4) is 0 Å². The van der Waals surface area contributed by atoms with E-state index in [0.717, 1.165) is 17.7 Å². The van der Waals surface area contributed by atoms with Crippen molar-refractivity contribution in [2.75, 3.05) is 5.32 Å². The molecule has 98 valence electrons.